The molecular weight excluding hydrogens is 246 g/mol. The highest BCUT2D eigenvalue weighted by Crippen LogP contribution is 2.22. The fourth-order valence-corrected chi connectivity index (χ4v) is 2.05. The van der Waals surface area contributed by atoms with Gasteiger partial charge in [0, 0.05) is 18.8 Å². The maximum Gasteiger partial charge on any atom is 0.0858 e. The minimum absolute atomic E-state index is 0.876. The summed E-state index contributed by atoms with van der Waals surface area (Å²) in [4.78, 5) is 2.31. The monoisotopic (exact) mass is 267 g/mol. The largest absolute Gasteiger partial charge is 0.372 e. The van der Waals surface area contributed by atoms with Crippen LogP contribution in [0.25, 0.3) is 0 Å². The third-order valence-corrected chi connectivity index (χ3v) is 3.29. The van der Waals surface area contributed by atoms with E-state index in [2.05, 4.69) is 48.0 Å². The minimum atomic E-state index is 0.876. The normalized spacial score (nSPS) is 10.9. The number of benzene rings is 2. The molecule has 0 spiro atoms. The third-order valence-electron chi connectivity index (χ3n) is 3.29. The number of azo groups is 1. The van der Waals surface area contributed by atoms with E-state index >= 15 is 0 Å². The molecule has 0 fully saturated rings. The van der Waals surface area contributed by atoms with E-state index in [1.165, 1.54) is 11.3 Å². The van der Waals surface area contributed by atoms with E-state index in [1.54, 1.807) is 0 Å². The van der Waals surface area contributed by atoms with Gasteiger partial charge in [0.15, 0.2) is 0 Å². The Morgan fingerprint density at radius 3 is 1.65 bits per heavy atom. The van der Waals surface area contributed by atoms with E-state index in [0.717, 1.165) is 24.5 Å². The van der Waals surface area contributed by atoms with Crippen molar-refractivity contribution in [1.29, 1.82) is 0 Å². The van der Waals surface area contributed by atoms with Crippen molar-refractivity contribution in [2.24, 2.45) is 10.2 Å². The summed E-state index contributed by atoms with van der Waals surface area (Å²) in [7, 11) is 0. The molecule has 0 saturated heterocycles. The molecule has 2 aromatic rings. The summed E-state index contributed by atoms with van der Waals surface area (Å²) in [6, 6.07) is 16.2. The van der Waals surface area contributed by atoms with Gasteiger partial charge in [-0.2, -0.15) is 10.2 Å². The predicted molar refractivity (Wildman–Crippen MR) is 85.4 cm³/mol. The molecule has 0 aliphatic rings. The predicted octanol–water partition coefficient (Wildman–Crippen LogP) is 5.26. The van der Waals surface area contributed by atoms with Crippen LogP contribution in [0.4, 0.5) is 17.1 Å². The van der Waals surface area contributed by atoms with Gasteiger partial charge in [0.05, 0.1) is 11.4 Å². The number of nitrogens with zero attached hydrogens (tertiary/aromatic N) is 3. The summed E-state index contributed by atoms with van der Waals surface area (Å²) in [5, 5.41) is 8.51. The van der Waals surface area contributed by atoms with E-state index in [1.807, 2.05) is 36.4 Å². The van der Waals surface area contributed by atoms with E-state index in [0.29, 0.717) is 0 Å². The molecule has 3 heteroatoms. The van der Waals surface area contributed by atoms with Crippen molar-refractivity contribution in [2.45, 2.75) is 20.8 Å². The van der Waals surface area contributed by atoms with Crippen LogP contribution >= 0.6 is 0 Å². The van der Waals surface area contributed by atoms with Crippen molar-refractivity contribution in [2.75, 3.05) is 18.0 Å². The van der Waals surface area contributed by atoms with Crippen LogP contribution in [0.1, 0.15) is 19.4 Å². The molecule has 0 unspecified atom stereocenters. The van der Waals surface area contributed by atoms with Crippen molar-refractivity contribution in [3.63, 3.8) is 0 Å². The zero-order valence-electron chi connectivity index (χ0n) is 12.4. The number of anilines is 1. The van der Waals surface area contributed by atoms with Crippen molar-refractivity contribution in [3.8, 4) is 0 Å². The van der Waals surface area contributed by atoms with Crippen LogP contribution in [0.15, 0.2) is 58.8 Å². The minimum Gasteiger partial charge on any atom is -0.372 e. The topological polar surface area (TPSA) is 28.0 Å². The van der Waals surface area contributed by atoms with Gasteiger partial charge < -0.3 is 4.90 Å². The van der Waals surface area contributed by atoms with E-state index < -0.39 is 0 Å². The molecule has 2 aromatic carbocycles. The first-order valence-corrected chi connectivity index (χ1v) is 7.06. The number of rotatable bonds is 5. The van der Waals surface area contributed by atoms with Crippen molar-refractivity contribution in [3.05, 3.63) is 54.1 Å². The quantitative estimate of drug-likeness (QED) is 0.679. The summed E-state index contributed by atoms with van der Waals surface area (Å²) in [6.07, 6.45) is 0. The Hall–Kier alpha value is -2.16. The van der Waals surface area contributed by atoms with Crippen LogP contribution in [-0.2, 0) is 0 Å². The Morgan fingerprint density at radius 2 is 1.20 bits per heavy atom. The van der Waals surface area contributed by atoms with E-state index in [-0.39, 0.29) is 0 Å². The number of hydrogen-bond acceptors (Lipinski definition) is 3. The maximum atomic E-state index is 4.26. The Bertz CT molecular complexity index is 552. The fourth-order valence-electron chi connectivity index (χ4n) is 2.05. The van der Waals surface area contributed by atoms with Crippen LogP contribution < -0.4 is 4.90 Å². The van der Waals surface area contributed by atoms with E-state index in [9.17, 15) is 0 Å². The Morgan fingerprint density at radius 1 is 0.750 bits per heavy atom. The molecule has 3 nitrogen and oxygen atoms in total. The second kappa shape index (κ2) is 6.85. The standard InChI is InChI=1S/C17H21N3/c1-4-20(5-2)17-12-10-16(11-13-17)19-18-15-8-6-14(3)7-9-15/h6-13H,4-5H2,1-3H3. The average Bonchev–Trinajstić information content (AvgIpc) is 2.49. The molecular formula is C17H21N3. The second-order valence-corrected chi connectivity index (χ2v) is 4.72. The zero-order chi connectivity index (χ0) is 14.4. The molecule has 0 aliphatic heterocycles. The van der Waals surface area contributed by atoms with Crippen LogP contribution in [0.2, 0.25) is 0 Å². The van der Waals surface area contributed by atoms with Crippen molar-refractivity contribution < 1.29 is 0 Å². The molecule has 0 bridgehead atoms. The van der Waals surface area contributed by atoms with Gasteiger partial charge in [-0.05, 0) is 57.2 Å². The lowest BCUT2D eigenvalue weighted by Gasteiger charge is -2.20. The van der Waals surface area contributed by atoms with Gasteiger partial charge in [0.25, 0.3) is 0 Å². The van der Waals surface area contributed by atoms with E-state index in [4.69, 9.17) is 0 Å². The van der Waals surface area contributed by atoms with Gasteiger partial charge in [0.1, 0.15) is 0 Å². The first-order valence-electron chi connectivity index (χ1n) is 7.06. The van der Waals surface area contributed by atoms with Gasteiger partial charge in [-0.15, -0.1) is 0 Å². The van der Waals surface area contributed by atoms with Crippen molar-refractivity contribution >= 4 is 17.1 Å². The van der Waals surface area contributed by atoms with Gasteiger partial charge in [-0.25, -0.2) is 0 Å². The molecule has 0 saturated carbocycles. The lowest BCUT2D eigenvalue weighted by atomic mass is 10.2. The van der Waals surface area contributed by atoms with Gasteiger partial charge in [0.2, 0.25) is 0 Å². The summed E-state index contributed by atoms with van der Waals surface area (Å²) in [5.41, 5.74) is 4.21. The van der Waals surface area contributed by atoms with Crippen LogP contribution in [0, 0.1) is 6.92 Å². The van der Waals surface area contributed by atoms with Crippen molar-refractivity contribution in [1.82, 2.24) is 0 Å². The average molecular weight is 267 g/mol. The highest BCUT2D eigenvalue weighted by Gasteiger charge is 2.00. The van der Waals surface area contributed by atoms with Crippen LogP contribution in [0.3, 0.4) is 0 Å². The third kappa shape index (κ3) is 3.67. The number of hydrogen-bond donors (Lipinski definition) is 0. The molecule has 20 heavy (non-hydrogen) atoms. The summed E-state index contributed by atoms with van der Waals surface area (Å²) in [5.74, 6) is 0. The molecule has 0 atom stereocenters. The smallest absolute Gasteiger partial charge is 0.0858 e. The maximum absolute atomic E-state index is 4.26. The fraction of sp³-hybridized carbons (Fsp3) is 0.294. The van der Waals surface area contributed by atoms with Crippen LogP contribution in [-0.4, -0.2) is 13.1 Å². The SMILES string of the molecule is CCN(CC)c1ccc(N=Nc2ccc(C)cc2)cc1. The molecule has 104 valence electrons. The summed E-state index contributed by atoms with van der Waals surface area (Å²) in [6.45, 7) is 8.41. The highest BCUT2D eigenvalue weighted by molar-refractivity contribution is 5.52. The molecule has 0 aromatic heterocycles. The Labute approximate surface area is 121 Å². The molecule has 0 aliphatic carbocycles. The van der Waals surface area contributed by atoms with Gasteiger partial charge in [-0.1, -0.05) is 17.7 Å². The lowest BCUT2D eigenvalue weighted by molar-refractivity contribution is 0.866. The molecule has 0 N–H and O–H groups in total. The Kier molecular flexibility index (Phi) is 4.88. The first-order chi connectivity index (χ1) is 9.72. The van der Waals surface area contributed by atoms with Gasteiger partial charge in [-0.3, -0.25) is 0 Å². The molecule has 0 heterocycles. The molecule has 0 radical (unpaired) electrons. The highest BCUT2D eigenvalue weighted by atomic mass is 15.1. The molecule has 2 rings (SSSR count). The zero-order valence-corrected chi connectivity index (χ0v) is 12.4. The Balaban J connectivity index is 2.08. The van der Waals surface area contributed by atoms with Gasteiger partial charge >= 0.3 is 0 Å². The van der Waals surface area contributed by atoms with Crippen LogP contribution in [0.5, 0.6) is 0 Å². The lowest BCUT2D eigenvalue weighted by Crippen LogP contribution is -2.21. The summed E-state index contributed by atoms with van der Waals surface area (Å²) < 4.78 is 0. The molecule has 0 amide bonds. The number of aryl methyl sites for hydroxylation is 1. The second-order valence-electron chi connectivity index (χ2n) is 4.72. The first kappa shape index (κ1) is 14.3. The summed E-state index contributed by atoms with van der Waals surface area (Å²) >= 11 is 0.